The van der Waals surface area contributed by atoms with Crippen LogP contribution in [0.4, 0.5) is 26.3 Å². The second kappa shape index (κ2) is 10.4. The molecule has 2 atom stereocenters. The Balaban J connectivity index is 1.78. The SMILES string of the molecule is Cc1cc(C2=NOC(c3cc(Cl)cc(Cl)c3)(C(F)(F)F)C2)ccc1C(=O)NC(C)C(=O)NCC(F)(F)F. The Hall–Kier alpha value is -2.99. The zero-order valence-corrected chi connectivity index (χ0v) is 20.7. The van der Waals surface area contributed by atoms with Crippen molar-refractivity contribution in [3.63, 3.8) is 0 Å². The van der Waals surface area contributed by atoms with Crippen LogP contribution in [-0.2, 0) is 15.2 Å². The van der Waals surface area contributed by atoms with Gasteiger partial charge in [-0.15, -0.1) is 0 Å². The first-order valence-electron chi connectivity index (χ1n) is 10.6. The maximum Gasteiger partial charge on any atom is 0.435 e. The van der Waals surface area contributed by atoms with Gasteiger partial charge in [-0.1, -0.05) is 34.4 Å². The molecule has 2 unspecified atom stereocenters. The molecule has 0 spiro atoms. The number of carbonyl (C=O) groups excluding carboxylic acids is 2. The number of alkyl halides is 6. The largest absolute Gasteiger partial charge is 0.435 e. The first-order chi connectivity index (χ1) is 17.0. The standard InChI is InChI=1S/C23H19Cl2F6N3O3/c1-11-5-13(3-4-17(11)20(36)33-12(2)19(35)32-10-22(26,27)28)18-9-21(37-34-18,23(29,30)31)14-6-15(24)8-16(25)7-14/h3-8,12H,9-10H2,1-2H3,(H,32,35)(H,33,36). The zero-order chi connectivity index (χ0) is 27.8. The average Bonchev–Trinajstić information content (AvgIpc) is 3.23. The molecule has 37 heavy (non-hydrogen) atoms. The van der Waals surface area contributed by atoms with Crippen molar-refractivity contribution in [2.75, 3.05) is 6.54 Å². The van der Waals surface area contributed by atoms with E-state index in [1.807, 2.05) is 0 Å². The highest BCUT2D eigenvalue weighted by atomic mass is 35.5. The van der Waals surface area contributed by atoms with Crippen LogP contribution in [0.2, 0.25) is 10.0 Å². The molecule has 1 aliphatic rings. The number of amides is 2. The maximum absolute atomic E-state index is 14.2. The molecule has 0 aromatic heterocycles. The first-order valence-corrected chi connectivity index (χ1v) is 11.3. The average molecular weight is 570 g/mol. The van der Waals surface area contributed by atoms with Gasteiger partial charge in [0.25, 0.3) is 11.5 Å². The van der Waals surface area contributed by atoms with E-state index in [1.165, 1.54) is 38.1 Å². The zero-order valence-electron chi connectivity index (χ0n) is 19.2. The second-order valence-electron chi connectivity index (χ2n) is 8.35. The van der Waals surface area contributed by atoms with Crippen molar-refractivity contribution in [3.8, 4) is 0 Å². The first kappa shape index (κ1) is 28.6. The van der Waals surface area contributed by atoms with Crippen molar-refractivity contribution < 1.29 is 40.8 Å². The summed E-state index contributed by atoms with van der Waals surface area (Å²) in [4.78, 5) is 29.3. The van der Waals surface area contributed by atoms with E-state index < -0.39 is 48.8 Å². The highest BCUT2D eigenvalue weighted by Crippen LogP contribution is 2.49. The highest BCUT2D eigenvalue weighted by molar-refractivity contribution is 6.34. The minimum absolute atomic E-state index is 0.0179. The van der Waals surface area contributed by atoms with Gasteiger partial charge >= 0.3 is 12.4 Å². The fraction of sp³-hybridized carbons (Fsp3) is 0.348. The molecular weight excluding hydrogens is 551 g/mol. The van der Waals surface area contributed by atoms with Crippen LogP contribution in [0.15, 0.2) is 41.6 Å². The lowest BCUT2D eigenvalue weighted by Gasteiger charge is -2.29. The van der Waals surface area contributed by atoms with Gasteiger partial charge in [-0.2, -0.15) is 26.3 Å². The Kier molecular flexibility index (Phi) is 8.04. The van der Waals surface area contributed by atoms with Gasteiger partial charge in [0.1, 0.15) is 12.6 Å². The Morgan fingerprint density at radius 3 is 2.24 bits per heavy atom. The van der Waals surface area contributed by atoms with E-state index in [-0.39, 0.29) is 32.4 Å². The fourth-order valence-electron chi connectivity index (χ4n) is 3.62. The number of oxime groups is 1. The predicted molar refractivity (Wildman–Crippen MR) is 124 cm³/mol. The third kappa shape index (κ3) is 6.48. The van der Waals surface area contributed by atoms with Crippen LogP contribution in [0.5, 0.6) is 0 Å². The van der Waals surface area contributed by atoms with Crippen LogP contribution in [0.3, 0.4) is 0 Å². The third-order valence-electron chi connectivity index (χ3n) is 5.52. The lowest BCUT2D eigenvalue weighted by molar-refractivity contribution is -0.275. The van der Waals surface area contributed by atoms with Crippen molar-refractivity contribution in [2.45, 2.75) is 44.3 Å². The monoisotopic (exact) mass is 569 g/mol. The molecule has 3 rings (SSSR count). The minimum Gasteiger partial charge on any atom is -0.374 e. The van der Waals surface area contributed by atoms with Crippen LogP contribution >= 0.6 is 23.2 Å². The van der Waals surface area contributed by atoms with E-state index in [1.54, 1.807) is 5.32 Å². The quantitative estimate of drug-likeness (QED) is 0.439. The summed E-state index contributed by atoms with van der Waals surface area (Å²) in [5, 5.41) is 7.56. The van der Waals surface area contributed by atoms with Gasteiger partial charge in [-0.05, 0) is 55.3 Å². The Labute approximate surface area is 216 Å². The topological polar surface area (TPSA) is 79.8 Å². The van der Waals surface area contributed by atoms with Gasteiger partial charge in [0.05, 0.1) is 5.71 Å². The molecular formula is C23H19Cl2F6N3O3. The molecule has 0 bridgehead atoms. The lowest BCUT2D eigenvalue weighted by atomic mass is 9.86. The molecule has 2 N–H and O–H groups in total. The Morgan fingerprint density at radius 2 is 1.70 bits per heavy atom. The minimum atomic E-state index is -4.88. The van der Waals surface area contributed by atoms with Crippen LogP contribution in [0.25, 0.3) is 0 Å². The molecule has 2 aromatic carbocycles. The number of carbonyl (C=O) groups is 2. The highest BCUT2D eigenvalue weighted by Gasteiger charge is 2.62. The summed E-state index contributed by atoms with van der Waals surface area (Å²) in [5.41, 5.74) is -2.60. The molecule has 0 aliphatic carbocycles. The van der Waals surface area contributed by atoms with Crippen LogP contribution < -0.4 is 10.6 Å². The molecule has 2 amide bonds. The van der Waals surface area contributed by atoms with Gasteiger partial charge in [-0.25, -0.2) is 0 Å². The number of rotatable bonds is 6. The molecule has 0 saturated carbocycles. The van der Waals surface area contributed by atoms with Crippen molar-refractivity contribution in [1.82, 2.24) is 10.6 Å². The van der Waals surface area contributed by atoms with Crippen molar-refractivity contribution >= 4 is 40.7 Å². The molecule has 2 aromatic rings. The van der Waals surface area contributed by atoms with Gasteiger partial charge in [0, 0.05) is 27.6 Å². The number of aryl methyl sites for hydroxylation is 1. The van der Waals surface area contributed by atoms with E-state index in [2.05, 4.69) is 10.5 Å². The van der Waals surface area contributed by atoms with Crippen molar-refractivity contribution in [2.24, 2.45) is 5.16 Å². The van der Waals surface area contributed by atoms with E-state index in [0.717, 1.165) is 12.1 Å². The molecule has 1 aliphatic heterocycles. The number of nitrogens with zero attached hydrogens (tertiary/aromatic N) is 1. The van der Waals surface area contributed by atoms with Gasteiger partial charge < -0.3 is 15.5 Å². The summed E-state index contributed by atoms with van der Waals surface area (Å²) in [6.07, 6.45) is -10.2. The molecule has 6 nitrogen and oxygen atoms in total. The summed E-state index contributed by atoms with van der Waals surface area (Å²) in [6.45, 7) is 1.15. The van der Waals surface area contributed by atoms with E-state index in [0.29, 0.717) is 5.56 Å². The number of halogens is 8. The maximum atomic E-state index is 14.2. The second-order valence-corrected chi connectivity index (χ2v) is 9.22. The summed E-state index contributed by atoms with van der Waals surface area (Å²) >= 11 is 11.8. The number of hydrogen-bond acceptors (Lipinski definition) is 4. The predicted octanol–water partition coefficient (Wildman–Crippen LogP) is 5.68. The molecule has 0 radical (unpaired) electrons. The lowest BCUT2D eigenvalue weighted by Crippen LogP contribution is -2.47. The van der Waals surface area contributed by atoms with Gasteiger partial charge in [-0.3, -0.25) is 9.59 Å². The van der Waals surface area contributed by atoms with Gasteiger partial charge in [0.15, 0.2) is 0 Å². The van der Waals surface area contributed by atoms with Crippen LogP contribution in [0, 0.1) is 6.92 Å². The van der Waals surface area contributed by atoms with Crippen molar-refractivity contribution in [1.29, 1.82) is 0 Å². The van der Waals surface area contributed by atoms with E-state index >= 15 is 0 Å². The molecule has 14 heteroatoms. The summed E-state index contributed by atoms with van der Waals surface area (Å²) in [6, 6.07) is 6.22. The van der Waals surface area contributed by atoms with E-state index in [4.69, 9.17) is 28.0 Å². The summed E-state index contributed by atoms with van der Waals surface area (Å²) in [7, 11) is 0. The van der Waals surface area contributed by atoms with Crippen molar-refractivity contribution in [3.05, 3.63) is 68.7 Å². The Bertz CT molecular complexity index is 1230. The van der Waals surface area contributed by atoms with Crippen LogP contribution in [-0.4, -0.2) is 42.5 Å². The molecule has 1 heterocycles. The smallest absolute Gasteiger partial charge is 0.374 e. The summed E-state index contributed by atoms with van der Waals surface area (Å²) < 4.78 is 79.4. The number of hydrogen-bond donors (Lipinski definition) is 2. The normalized spacial score (nSPS) is 18.6. The van der Waals surface area contributed by atoms with Gasteiger partial charge in [0.2, 0.25) is 5.91 Å². The number of nitrogens with one attached hydrogen (secondary N) is 2. The fourth-order valence-corrected chi connectivity index (χ4v) is 4.15. The van der Waals surface area contributed by atoms with E-state index in [9.17, 15) is 35.9 Å². The Morgan fingerprint density at radius 1 is 1.08 bits per heavy atom. The molecule has 200 valence electrons. The summed E-state index contributed by atoms with van der Waals surface area (Å²) in [5.74, 6) is -1.80. The van der Waals surface area contributed by atoms with Crippen LogP contribution in [0.1, 0.15) is 40.4 Å². The number of benzene rings is 2. The molecule has 0 fully saturated rings. The third-order valence-corrected chi connectivity index (χ3v) is 5.96. The molecule has 0 saturated heterocycles.